The topological polar surface area (TPSA) is 266 Å². The number of phenols is 2. The normalized spacial score (nSPS) is 11.5. The number of hydrogen-bond donors (Lipinski definition) is 8. The zero-order chi connectivity index (χ0) is 38.9. The molecule has 8 N–H and O–H groups in total. The minimum atomic E-state index is -4.91. The van der Waals surface area contributed by atoms with E-state index in [1.54, 1.807) is 12.1 Å². The SMILES string of the molecule is O=C(Nc1cccc(C(=O)Nc2c(S(=O)(=O)O)cc(O)c3ccccc23)c1)C(=O)Nc1cccc(C(=O)Nc2c(S(=O)(=O)O)cc(O)c3ccccc23)c1. The van der Waals surface area contributed by atoms with Crippen LogP contribution in [0.3, 0.4) is 0 Å². The van der Waals surface area contributed by atoms with Crippen molar-refractivity contribution in [1.82, 2.24) is 0 Å². The van der Waals surface area contributed by atoms with E-state index in [9.17, 15) is 55.3 Å². The first-order chi connectivity index (χ1) is 25.5. The second kappa shape index (κ2) is 14.3. The number of aromatic hydroxyl groups is 2. The highest BCUT2D eigenvalue weighted by atomic mass is 32.2. The second-order valence-electron chi connectivity index (χ2n) is 11.6. The maximum atomic E-state index is 13.3. The average molecular weight is 771 g/mol. The third-order valence-electron chi connectivity index (χ3n) is 7.98. The van der Waals surface area contributed by atoms with E-state index in [1.807, 2.05) is 0 Å². The quantitative estimate of drug-likeness (QED) is 0.0579. The van der Waals surface area contributed by atoms with Crippen molar-refractivity contribution in [1.29, 1.82) is 0 Å². The number of amides is 4. The van der Waals surface area contributed by atoms with Crippen molar-refractivity contribution >= 4 is 88.2 Å². The third kappa shape index (κ3) is 7.66. The molecule has 0 unspecified atom stereocenters. The van der Waals surface area contributed by atoms with Crippen LogP contribution in [0.15, 0.2) is 119 Å². The summed E-state index contributed by atoms with van der Waals surface area (Å²) in [6.45, 7) is 0. The van der Waals surface area contributed by atoms with Crippen molar-refractivity contribution in [2.75, 3.05) is 21.3 Å². The Morgan fingerprint density at radius 3 is 1.15 bits per heavy atom. The molecule has 0 saturated heterocycles. The Morgan fingerprint density at radius 1 is 0.444 bits per heavy atom. The molecule has 0 radical (unpaired) electrons. The van der Waals surface area contributed by atoms with Crippen LogP contribution in [0.1, 0.15) is 20.7 Å². The van der Waals surface area contributed by atoms with Gasteiger partial charge < -0.3 is 31.5 Å². The number of carbonyl (C=O) groups excluding carboxylic acids is 4. The van der Waals surface area contributed by atoms with E-state index >= 15 is 0 Å². The van der Waals surface area contributed by atoms with Gasteiger partial charge in [-0.15, -0.1) is 0 Å². The fourth-order valence-corrected chi connectivity index (χ4v) is 6.91. The van der Waals surface area contributed by atoms with Crippen molar-refractivity contribution in [2.24, 2.45) is 0 Å². The van der Waals surface area contributed by atoms with Crippen LogP contribution in [0, 0.1) is 0 Å². The maximum Gasteiger partial charge on any atom is 0.314 e. The highest BCUT2D eigenvalue weighted by Gasteiger charge is 2.25. The molecule has 16 nitrogen and oxygen atoms in total. The first-order valence-electron chi connectivity index (χ1n) is 15.4. The summed E-state index contributed by atoms with van der Waals surface area (Å²) in [5.41, 5.74) is -0.839. The lowest BCUT2D eigenvalue weighted by Crippen LogP contribution is -2.29. The molecule has 0 atom stereocenters. The molecule has 0 heterocycles. The Balaban J connectivity index is 1.17. The van der Waals surface area contributed by atoms with E-state index in [2.05, 4.69) is 21.3 Å². The van der Waals surface area contributed by atoms with E-state index in [1.165, 1.54) is 84.9 Å². The molecule has 0 fully saturated rings. The van der Waals surface area contributed by atoms with E-state index in [0.717, 1.165) is 12.1 Å². The summed E-state index contributed by atoms with van der Waals surface area (Å²) in [6, 6.07) is 24.1. The van der Waals surface area contributed by atoms with Crippen LogP contribution >= 0.6 is 0 Å². The van der Waals surface area contributed by atoms with Gasteiger partial charge in [-0.3, -0.25) is 28.3 Å². The Labute approximate surface area is 305 Å². The molecule has 6 rings (SSSR count). The number of rotatable bonds is 8. The summed E-state index contributed by atoms with van der Waals surface area (Å²) in [7, 11) is -9.82. The van der Waals surface area contributed by atoms with Crippen LogP contribution in [0.4, 0.5) is 22.7 Å². The highest BCUT2D eigenvalue weighted by Crippen LogP contribution is 2.38. The highest BCUT2D eigenvalue weighted by molar-refractivity contribution is 7.86. The number of carbonyl (C=O) groups is 4. The minimum Gasteiger partial charge on any atom is -0.507 e. The van der Waals surface area contributed by atoms with Crippen LogP contribution in [-0.4, -0.2) is 59.8 Å². The number of benzene rings is 6. The van der Waals surface area contributed by atoms with Gasteiger partial charge in [0.15, 0.2) is 0 Å². The van der Waals surface area contributed by atoms with Crippen molar-refractivity contribution < 1.29 is 55.3 Å². The number of hydrogen-bond acceptors (Lipinski definition) is 10. The van der Waals surface area contributed by atoms with Gasteiger partial charge in [0.05, 0.1) is 11.4 Å². The summed E-state index contributed by atoms with van der Waals surface area (Å²) < 4.78 is 68.0. The molecule has 4 amide bonds. The van der Waals surface area contributed by atoms with Crippen LogP contribution in [0.25, 0.3) is 21.5 Å². The van der Waals surface area contributed by atoms with E-state index in [0.29, 0.717) is 0 Å². The second-order valence-corrected chi connectivity index (χ2v) is 14.3. The molecule has 0 bridgehead atoms. The van der Waals surface area contributed by atoms with Crippen molar-refractivity contribution in [3.63, 3.8) is 0 Å². The molecule has 0 spiro atoms. The Hall–Kier alpha value is -6.86. The molecule has 54 heavy (non-hydrogen) atoms. The first-order valence-corrected chi connectivity index (χ1v) is 18.3. The maximum absolute atomic E-state index is 13.3. The molecule has 6 aromatic rings. The Bertz CT molecular complexity index is 2600. The molecule has 0 aliphatic carbocycles. The van der Waals surface area contributed by atoms with Gasteiger partial charge in [-0.05, 0) is 36.4 Å². The number of phenolic OH excluding ortho intramolecular Hbond substituents is 2. The predicted molar refractivity (Wildman–Crippen MR) is 197 cm³/mol. The number of nitrogens with one attached hydrogen (secondary N) is 4. The van der Waals surface area contributed by atoms with Gasteiger partial charge in [0.2, 0.25) is 0 Å². The lowest BCUT2D eigenvalue weighted by atomic mass is 10.1. The van der Waals surface area contributed by atoms with Gasteiger partial charge in [0, 0.05) is 56.2 Å². The fourth-order valence-electron chi connectivity index (χ4n) is 5.55. The molecular weight excluding hydrogens is 745 g/mol. The van der Waals surface area contributed by atoms with Crippen LogP contribution < -0.4 is 21.3 Å². The number of fused-ring (bicyclic) bond motifs is 2. The molecule has 0 aromatic heterocycles. The third-order valence-corrected chi connectivity index (χ3v) is 9.73. The van der Waals surface area contributed by atoms with Crippen molar-refractivity contribution in [3.05, 3.63) is 120 Å². The zero-order valence-corrected chi connectivity index (χ0v) is 28.9. The number of anilines is 4. The molecule has 18 heteroatoms. The molecule has 0 saturated carbocycles. The summed E-state index contributed by atoms with van der Waals surface area (Å²) >= 11 is 0. The average Bonchev–Trinajstić information content (AvgIpc) is 3.13. The van der Waals surface area contributed by atoms with Gasteiger partial charge in [-0.2, -0.15) is 16.8 Å². The molecular formula is C36H26N4O12S2. The van der Waals surface area contributed by atoms with E-state index in [-0.39, 0.29) is 55.4 Å². The summed E-state index contributed by atoms with van der Waals surface area (Å²) in [5.74, 6) is -5.01. The van der Waals surface area contributed by atoms with Gasteiger partial charge in [0.25, 0.3) is 32.1 Å². The molecule has 274 valence electrons. The van der Waals surface area contributed by atoms with Crippen LogP contribution in [0.2, 0.25) is 0 Å². The Morgan fingerprint density at radius 2 is 0.796 bits per heavy atom. The van der Waals surface area contributed by atoms with Crippen LogP contribution in [0.5, 0.6) is 11.5 Å². The van der Waals surface area contributed by atoms with Crippen LogP contribution in [-0.2, 0) is 29.8 Å². The summed E-state index contributed by atoms with van der Waals surface area (Å²) in [4.78, 5) is 50.7. The smallest absolute Gasteiger partial charge is 0.314 e. The monoisotopic (exact) mass is 770 g/mol. The van der Waals surface area contributed by atoms with Gasteiger partial charge in [0.1, 0.15) is 21.3 Å². The van der Waals surface area contributed by atoms with Crippen molar-refractivity contribution in [3.8, 4) is 11.5 Å². The lowest BCUT2D eigenvalue weighted by molar-refractivity contribution is -0.132. The summed E-state index contributed by atoms with van der Waals surface area (Å²) in [5, 5.41) is 30.7. The molecule has 6 aromatic carbocycles. The van der Waals surface area contributed by atoms with Crippen molar-refractivity contribution in [2.45, 2.75) is 9.79 Å². The van der Waals surface area contributed by atoms with Gasteiger partial charge >= 0.3 is 11.8 Å². The molecule has 0 aliphatic rings. The largest absolute Gasteiger partial charge is 0.507 e. The van der Waals surface area contributed by atoms with E-state index in [4.69, 9.17) is 0 Å². The van der Waals surface area contributed by atoms with E-state index < -0.39 is 65.2 Å². The zero-order valence-electron chi connectivity index (χ0n) is 27.3. The fraction of sp³-hybridized carbons (Fsp3) is 0. The standard InChI is InChI=1S/C36H26N4O12S2/c41-27-17-29(53(47,48)49)31(25-13-3-1-11-23(25)27)39-33(43)19-7-5-9-21(15-19)37-35(45)36(46)38-22-10-6-8-20(16-22)34(44)40-32-26-14-4-2-12-24(26)28(42)18-30(32)54(50,51)52/h1-18,41-42H,(H,37,45)(H,38,46)(H,39,43)(H,40,44)(H,47,48,49)(H,50,51,52). The van der Waals surface area contributed by atoms with Gasteiger partial charge in [-0.25, -0.2) is 0 Å². The molecule has 0 aliphatic heterocycles. The first kappa shape index (κ1) is 36.9. The summed E-state index contributed by atoms with van der Waals surface area (Å²) in [6.07, 6.45) is 0. The predicted octanol–water partition coefficient (Wildman–Crippen LogP) is 4.98. The lowest BCUT2D eigenvalue weighted by Gasteiger charge is -2.15. The Kier molecular flexibility index (Phi) is 9.76. The minimum absolute atomic E-state index is 0.0164. The van der Waals surface area contributed by atoms with Gasteiger partial charge in [-0.1, -0.05) is 60.7 Å².